The number of hydrogen-bond donors (Lipinski definition) is 2. The van der Waals surface area contributed by atoms with E-state index in [1.54, 1.807) is 4.68 Å². The van der Waals surface area contributed by atoms with Gasteiger partial charge in [0.15, 0.2) is 0 Å². The molecule has 1 aliphatic heterocycles. The minimum Gasteiger partial charge on any atom is -0.354 e. The number of amides is 1. The molecular formula is C11H13N7OS. The van der Waals surface area contributed by atoms with Gasteiger partial charge in [0.05, 0.1) is 0 Å². The van der Waals surface area contributed by atoms with Crippen LogP contribution in [0.1, 0.15) is 41.6 Å². The van der Waals surface area contributed by atoms with Gasteiger partial charge in [-0.05, 0) is 19.3 Å². The number of carbonyl (C=O) groups is 1. The average molecular weight is 291 g/mol. The van der Waals surface area contributed by atoms with Gasteiger partial charge in [0, 0.05) is 30.5 Å². The first-order valence-electron chi connectivity index (χ1n) is 6.63. The molecule has 4 rings (SSSR count). The molecule has 1 saturated carbocycles. The average Bonchev–Trinajstić information content (AvgIpc) is 3.04. The Bertz CT molecular complexity index is 636. The van der Waals surface area contributed by atoms with Crippen LogP contribution in [0.15, 0.2) is 0 Å². The van der Waals surface area contributed by atoms with Crippen LogP contribution in [0, 0.1) is 0 Å². The van der Waals surface area contributed by atoms with Crippen LogP contribution in [-0.2, 0) is 6.54 Å². The van der Waals surface area contributed by atoms with Crippen LogP contribution in [0.2, 0.25) is 0 Å². The standard InChI is InChI=1S/C11H13N7OS/c19-9(8-13-10-12-4-1-5-18(10)16-8)15-11-14-7(17-20-11)6-2-3-6/h6H,1-5H2,(H,12,13,16)(H,14,15,17,19). The second-order valence-corrected chi connectivity index (χ2v) is 5.70. The van der Waals surface area contributed by atoms with Crippen molar-refractivity contribution in [1.82, 2.24) is 24.1 Å². The van der Waals surface area contributed by atoms with Crippen molar-refractivity contribution in [2.45, 2.75) is 31.7 Å². The quantitative estimate of drug-likeness (QED) is 0.878. The highest BCUT2D eigenvalue weighted by Gasteiger charge is 2.28. The van der Waals surface area contributed by atoms with Crippen LogP contribution < -0.4 is 10.6 Å². The number of carbonyl (C=O) groups excluding carboxylic acids is 1. The summed E-state index contributed by atoms with van der Waals surface area (Å²) in [6.45, 7) is 1.65. The molecule has 2 N–H and O–H groups in total. The summed E-state index contributed by atoms with van der Waals surface area (Å²) in [5, 5.41) is 10.5. The molecule has 1 aliphatic carbocycles. The third-order valence-corrected chi connectivity index (χ3v) is 3.95. The molecule has 0 unspecified atom stereocenters. The van der Waals surface area contributed by atoms with E-state index in [1.165, 1.54) is 11.5 Å². The molecule has 104 valence electrons. The van der Waals surface area contributed by atoms with Crippen molar-refractivity contribution in [3.05, 3.63) is 11.6 Å². The summed E-state index contributed by atoms with van der Waals surface area (Å²) in [7, 11) is 0. The van der Waals surface area contributed by atoms with Gasteiger partial charge in [-0.3, -0.25) is 10.1 Å². The van der Waals surface area contributed by atoms with Crippen molar-refractivity contribution in [2.75, 3.05) is 17.2 Å². The minimum absolute atomic E-state index is 0.164. The lowest BCUT2D eigenvalue weighted by molar-refractivity contribution is 0.101. The van der Waals surface area contributed by atoms with E-state index in [9.17, 15) is 4.79 Å². The Morgan fingerprint density at radius 2 is 2.30 bits per heavy atom. The first-order chi connectivity index (χ1) is 9.79. The van der Waals surface area contributed by atoms with Gasteiger partial charge >= 0.3 is 0 Å². The summed E-state index contributed by atoms with van der Waals surface area (Å²) < 4.78 is 5.96. The van der Waals surface area contributed by atoms with Crippen molar-refractivity contribution in [2.24, 2.45) is 0 Å². The third kappa shape index (κ3) is 2.13. The van der Waals surface area contributed by atoms with E-state index in [4.69, 9.17) is 0 Å². The summed E-state index contributed by atoms with van der Waals surface area (Å²) in [5.74, 6) is 1.80. The van der Waals surface area contributed by atoms with Crippen molar-refractivity contribution >= 4 is 28.5 Å². The van der Waals surface area contributed by atoms with E-state index in [2.05, 4.69) is 30.1 Å². The van der Waals surface area contributed by atoms with Gasteiger partial charge < -0.3 is 5.32 Å². The van der Waals surface area contributed by atoms with Gasteiger partial charge in [0.2, 0.25) is 16.9 Å². The van der Waals surface area contributed by atoms with Crippen LogP contribution in [0.5, 0.6) is 0 Å². The van der Waals surface area contributed by atoms with Gasteiger partial charge in [-0.25, -0.2) is 9.67 Å². The molecule has 20 heavy (non-hydrogen) atoms. The molecule has 2 aromatic heterocycles. The Hall–Kier alpha value is -2.03. The molecule has 0 bridgehead atoms. The van der Waals surface area contributed by atoms with Crippen LogP contribution in [0.4, 0.5) is 11.1 Å². The van der Waals surface area contributed by atoms with Gasteiger partial charge in [-0.2, -0.15) is 9.36 Å². The topological polar surface area (TPSA) is 97.6 Å². The highest BCUT2D eigenvalue weighted by Crippen LogP contribution is 2.39. The van der Waals surface area contributed by atoms with E-state index < -0.39 is 0 Å². The lowest BCUT2D eigenvalue weighted by atomic mass is 10.4. The number of nitrogens with one attached hydrogen (secondary N) is 2. The van der Waals surface area contributed by atoms with E-state index in [0.717, 1.165) is 38.2 Å². The fourth-order valence-corrected chi connectivity index (χ4v) is 2.74. The first kappa shape index (κ1) is 11.8. The molecule has 1 fully saturated rings. The Morgan fingerprint density at radius 1 is 1.40 bits per heavy atom. The molecule has 0 spiro atoms. The zero-order chi connectivity index (χ0) is 13.5. The van der Waals surface area contributed by atoms with Crippen LogP contribution in [-0.4, -0.2) is 36.6 Å². The number of anilines is 2. The van der Waals surface area contributed by atoms with Gasteiger partial charge in [0.25, 0.3) is 5.91 Å². The Kier molecular flexibility index (Phi) is 2.66. The van der Waals surface area contributed by atoms with Crippen molar-refractivity contribution < 1.29 is 4.79 Å². The maximum Gasteiger partial charge on any atom is 0.297 e. The Morgan fingerprint density at radius 3 is 3.10 bits per heavy atom. The molecule has 0 radical (unpaired) electrons. The van der Waals surface area contributed by atoms with Crippen LogP contribution >= 0.6 is 11.5 Å². The molecule has 2 aromatic rings. The number of rotatable bonds is 3. The number of fused-ring (bicyclic) bond motifs is 1. The molecule has 0 aromatic carbocycles. The second kappa shape index (κ2) is 4.51. The summed E-state index contributed by atoms with van der Waals surface area (Å²) >= 11 is 1.20. The molecule has 9 heteroatoms. The summed E-state index contributed by atoms with van der Waals surface area (Å²) in [5.41, 5.74) is 0. The molecule has 3 heterocycles. The maximum absolute atomic E-state index is 12.1. The van der Waals surface area contributed by atoms with E-state index >= 15 is 0 Å². The Balaban J connectivity index is 1.49. The lowest BCUT2D eigenvalue weighted by Gasteiger charge is -2.12. The van der Waals surface area contributed by atoms with Gasteiger partial charge in [-0.1, -0.05) is 0 Å². The fourth-order valence-electron chi connectivity index (χ4n) is 2.10. The molecule has 0 atom stereocenters. The summed E-state index contributed by atoms with van der Waals surface area (Å²) in [6.07, 6.45) is 3.27. The second-order valence-electron chi connectivity index (χ2n) is 4.95. The van der Waals surface area contributed by atoms with Gasteiger partial charge in [-0.15, -0.1) is 5.10 Å². The van der Waals surface area contributed by atoms with Crippen molar-refractivity contribution in [1.29, 1.82) is 0 Å². The van der Waals surface area contributed by atoms with E-state index in [-0.39, 0.29) is 11.7 Å². The van der Waals surface area contributed by atoms with Crippen molar-refractivity contribution in [3.63, 3.8) is 0 Å². The summed E-state index contributed by atoms with van der Waals surface area (Å²) in [6, 6.07) is 0. The number of aryl methyl sites for hydroxylation is 1. The fraction of sp³-hybridized carbons (Fsp3) is 0.545. The highest BCUT2D eigenvalue weighted by atomic mass is 32.1. The monoisotopic (exact) mass is 291 g/mol. The van der Waals surface area contributed by atoms with Gasteiger partial charge in [0.1, 0.15) is 5.82 Å². The smallest absolute Gasteiger partial charge is 0.297 e. The highest BCUT2D eigenvalue weighted by molar-refractivity contribution is 7.09. The number of aromatic nitrogens is 5. The normalized spacial score (nSPS) is 17.4. The predicted molar refractivity (Wildman–Crippen MR) is 73.0 cm³/mol. The van der Waals surface area contributed by atoms with Crippen molar-refractivity contribution in [3.8, 4) is 0 Å². The largest absolute Gasteiger partial charge is 0.354 e. The minimum atomic E-state index is -0.341. The summed E-state index contributed by atoms with van der Waals surface area (Å²) in [4.78, 5) is 20.6. The van der Waals surface area contributed by atoms with E-state index in [1.807, 2.05) is 0 Å². The third-order valence-electron chi connectivity index (χ3n) is 3.31. The maximum atomic E-state index is 12.1. The lowest BCUT2D eigenvalue weighted by Crippen LogP contribution is -2.18. The molecule has 8 nitrogen and oxygen atoms in total. The number of nitrogens with zero attached hydrogens (tertiary/aromatic N) is 5. The molecule has 0 saturated heterocycles. The van der Waals surface area contributed by atoms with Crippen LogP contribution in [0.3, 0.4) is 0 Å². The molecule has 1 amide bonds. The Labute approximate surface area is 118 Å². The SMILES string of the molecule is O=C(Nc1nc(C2CC2)ns1)c1nc2n(n1)CCCN2. The zero-order valence-electron chi connectivity index (χ0n) is 10.7. The number of hydrogen-bond acceptors (Lipinski definition) is 7. The predicted octanol–water partition coefficient (Wildman–Crippen LogP) is 1.07. The first-order valence-corrected chi connectivity index (χ1v) is 7.40. The zero-order valence-corrected chi connectivity index (χ0v) is 11.5. The van der Waals surface area contributed by atoms with E-state index in [0.29, 0.717) is 17.0 Å². The van der Waals surface area contributed by atoms with Crippen LogP contribution in [0.25, 0.3) is 0 Å². The molecule has 2 aliphatic rings. The molecular weight excluding hydrogens is 278 g/mol.